The SMILES string of the molecule is CCCCC(C)c1[nH]nc(N)c1C. The molecule has 0 radical (unpaired) electrons. The van der Waals surface area contributed by atoms with Gasteiger partial charge in [-0.1, -0.05) is 26.7 Å². The molecule has 74 valence electrons. The van der Waals surface area contributed by atoms with Crippen LogP contribution in [-0.4, -0.2) is 10.2 Å². The van der Waals surface area contributed by atoms with Gasteiger partial charge in [-0.05, 0) is 19.3 Å². The third-order valence-corrected chi connectivity index (χ3v) is 2.57. The number of H-pyrrole nitrogens is 1. The zero-order valence-corrected chi connectivity index (χ0v) is 8.72. The Morgan fingerprint density at radius 1 is 1.54 bits per heavy atom. The highest BCUT2D eigenvalue weighted by molar-refractivity contribution is 5.41. The Kier molecular flexibility index (Phi) is 3.34. The van der Waals surface area contributed by atoms with Gasteiger partial charge in [0.2, 0.25) is 0 Å². The topological polar surface area (TPSA) is 54.7 Å². The molecular formula is C10H19N3. The average molecular weight is 181 g/mol. The van der Waals surface area contributed by atoms with Crippen LogP contribution in [0.1, 0.15) is 50.3 Å². The van der Waals surface area contributed by atoms with E-state index in [4.69, 9.17) is 5.73 Å². The molecule has 0 saturated carbocycles. The molecule has 1 rings (SSSR count). The number of nitrogen functional groups attached to an aromatic ring is 1. The summed E-state index contributed by atoms with van der Waals surface area (Å²) >= 11 is 0. The van der Waals surface area contributed by atoms with Gasteiger partial charge in [0.05, 0.1) is 0 Å². The zero-order valence-electron chi connectivity index (χ0n) is 8.72. The number of hydrogen-bond donors (Lipinski definition) is 2. The molecule has 0 saturated heterocycles. The van der Waals surface area contributed by atoms with E-state index in [1.165, 1.54) is 25.0 Å². The minimum absolute atomic E-state index is 0.546. The number of hydrogen-bond acceptors (Lipinski definition) is 2. The Bertz CT molecular complexity index is 265. The normalized spacial score (nSPS) is 13.2. The highest BCUT2D eigenvalue weighted by Crippen LogP contribution is 2.24. The van der Waals surface area contributed by atoms with Crippen molar-refractivity contribution in [2.75, 3.05) is 5.73 Å². The minimum atomic E-state index is 0.546. The molecule has 0 fully saturated rings. The Morgan fingerprint density at radius 2 is 2.23 bits per heavy atom. The first kappa shape index (κ1) is 10.1. The van der Waals surface area contributed by atoms with E-state index in [1.54, 1.807) is 0 Å². The summed E-state index contributed by atoms with van der Waals surface area (Å²) in [4.78, 5) is 0. The van der Waals surface area contributed by atoms with E-state index in [0.29, 0.717) is 11.7 Å². The molecule has 0 aliphatic heterocycles. The van der Waals surface area contributed by atoms with Gasteiger partial charge < -0.3 is 5.73 Å². The minimum Gasteiger partial charge on any atom is -0.382 e. The predicted molar refractivity (Wildman–Crippen MR) is 55.7 cm³/mol. The fourth-order valence-electron chi connectivity index (χ4n) is 1.56. The molecule has 3 nitrogen and oxygen atoms in total. The molecule has 13 heavy (non-hydrogen) atoms. The Balaban J connectivity index is 2.65. The molecule has 0 aromatic carbocycles. The molecule has 0 bridgehead atoms. The zero-order chi connectivity index (χ0) is 9.84. The molecular weight excluding hydrogens is 162 g/mol. The molecule has 1 heterocycles. The largest absolute Gasteiger partial charge is 0.382 e. The lowest BCUT2D eigenvalue weighted by Gasteiger charge is -2.09. The number of aromatic amines is 1. The smallest absolute Gasteiger partial charge is 0.148 e. The predicted octanol–water partition coefficient (Wildman–Crippen LogP) is 2.59. The maximum Gasteiger partial charge on any atom is 0.148 e. The summed E-state index contributed by atoms with van der Waals surface area (Å²) in [6, 6.07) is 0. The fraction of sp³-hybridized carbons (Fsp3) is 0.700. The van der Waals surface area contributed by atoms with Crippen molar-refractivity contribution in [3.8, 4) is 0 Å². The van der Waals surface area contributed by atoms with Crippen LogP contribution in [0.25, 0.3) is 0 Å². The van der Waals surface area contributed by atoms with Gasteiger partial charge in [0.1, 0.15) is 5.82 Å². The van der Waals surface area contributed by atoms with Crippen molar-refractivity contribution in [1.29, 1.82) is 0 Å². The van der Waals surface area contributed by atoms with E-state index in [-0.39, 0.29) is 0 Å². The second kappa shape index (κ2) is 4.30. The van der Waals surface area contributed by atoms with Crippen LogP contribution in [0.4, 0.5) is 5.82 Å². The van der Waals surface area contributed by atoms with Crippen LogP contribution in [0.3, 0.4) is 0 Å². The highest BCUT2D eigenvalue weighted by atomic mass is 15.2. The summed E-state index contributed by atoms with van der Waals surface area (Å²) in [5, 5.41) is 7.01. The third kappa shape index (κ3) is 2.23. The van der Waals surface area contributed by atoms with E-state index >= 15 is 0 Å². The molecule has 3 heteroatoms. The standard InChI is InChI=1S/C10H19N3/c1-4-5-6-7(2)9-8(3)10(11)13-12-9/h7H,4-6H2,1-3H3,(H3,11,12,13). The van der Waals surface area contributed by atoms with E-state index in [1.807, 2.05) is 6.92 Å². The first-order valence-electron chi connectivity index (χ1n) is 4.97. The molecule has 3 N–H and O–H groups in total. The van der Waals surface area contributed by atoms with Crippen molar-refractivity contribution in [2.24, 2.45) is 0 Å². The Labute approximate surface area is 79.7 Å². The lowest BCUT2D eigenvalue weighted by molar-refractivity contribution is 0.607. The molecule has 1 aromatic rings. The number of nitrogens with two attached hydrogens (primary N) is 1. The highest BCUT2D eigenvalue weighted by Gasteiger charge is 2.12. The monoisotopic (exact) mass is 181 g/mol. The lowest BCUT2D eigenvalue weighted by Crippen LogP contribution is -1.96. The van der Waals surface area contributed by atoms with Crippen molar-refractivity contribution in [3.63, 3.8) is 0 Å². The van der Waals surface area contributed by atoms with Crippen molar-refractivity contribution >= 4 is 5.82 Å². The van der Waals surface area contributed by atoms with E-state index in [2.05, 4.69) is 24.0 Å². The van der Waals surface area contributed by atoms with Gasteiger partial charge in [-0.25, -0.2) is 0 Å². The fourth-order valence-corrected chi connectivity index (χ4v) is 1.56. The van der Waals surface area contributed by atoms with Crippen LogP contribution in [0.2, 0.25) is 0 Å². The van der Waals surface area contributed by atoms with Gasteiger partial charge in [0.15, 0.2) is 0 Å². The van der Waals surface area contributed by atoms with E-state index in [0.717, 1.165) is 5.56 Å². The van der Waals surface area contributed by atoms with Gasteiger partial charge in [0, 0.05) is 11.3 Å². The number of nitrogens with one attached hydrogen (secondary N) is 1. The Hall–Kier alpha value is -0.990. The van der Waals surface area contributed by atoms with Crippen LogP contribution >= 0.6 is 0 Å². The van der Waals surface area contributed by atoms with Crippen molar-refractivity contribution in [3.05, 3.63) is 11.3 Å². The van der Waals surface area contributed by atoms with Crippen LogP contribution < -0.4 is 5.73 Å². The van der Waals surface area contributed by atoms with Gasteiger partial charge in [0.25, 0.3) is 0 Å². The van der Waals surface area contributed by atoms with Gasteiger partial charge in [-0.2, -0.15) is 5.10 Å². The first-order chi connectivity index (χ1) is 6.16. The van der Waals surface area contributed by atoms with Crippen LogP contribution in [0.15, 0.2) is 0 Å². The summed E-state index contributed by atoms with van der Waals surface area (Å²) in [7, 11) is 0. The van der Waals surface area contributed by atoms with Gasteiger partial charge in [-0.15, -0.1) is 0 Å². The molecule has 0 amide bonds. The van der Waals surface area contributed by atoms with E-state index < -0.39 is 0 Å². The second-order valence-corrected chi connectivity index (χ2v) is 3.69. The number of aromatic nitrogens is 2. The maximum absolute atomic E-state index is 5.66. The summed E-state index contributed by atoms with van der Waals surface area (Å²) in [5.41, 5.74) is 7.98. The summed E-state index contributed by atoms with van der Waals surface area (Å²) < 4.78 is 0. The molecule has 0 aliphatic carbocycles. The van der Waals surface area contributed by atoms with Crippen molar-refractivity contribution in [2.45, 2.75) is 46.0 Å². The van der Waals surface area contributed by atoms with Crippen LogP contribution in [-0.2, 0) is 0 Å². The van der Waals surface area contributed by atoms with Gasteiger partial charge in [-0.3, -0.25) is 5.10 Å². The second-order valence-electron chi connectivity index (χ2n) is 3.69. The molecule has 1 atom stereocenters. The quantitative estimate of drug-likeness (QED) is 0.750. The van der Waals surface area contributed by atoms with E-state index in [9.17, 15) is 0 Å². The average Bonchev–Trinajstić information content (AvgIpc) is 2.44. The lowest BCUT2D eigenvalue weighted by atomic mass is 9.98. The summed E-state index contributed by atoms with van der Waals surface area (Å²) in [6.45, 7) is 6.45. The van der Waals surface area contributed by atoms with Crippen molar-refractivity contribution in [1.82, 2.24) is 10.2 Å². The molecule has 1 unspecified atom stereocenters. The number of nitrogens with zero attached hydrogens (tertiary/aromatic N) is 1. The molecule has 1 aromatic heterocycles. The van der Waals surface area contributed by atoms with Crippen LogP contribution in [0.5, 0.6) is 0 Å². The maximum atomic E-state index is 5.66. The summed E-state index contributed by atoms with van der Waals surface area (Å²) in [6.07, 6.45) is 3.71. The number of rotatable bonds is 4. The molecule has 0 aliphatic rings. The van der Waals surface area contributed by atoms with Gasteiger partial charge >= 0.3 is 0 Å². The Morgan fingerprint density at radius 3 is 2.69 bits per heavy atom. The third-order valence-electron chi connectivity index (χ3n) is 2.57. The van der Waals surface area contributed by atoms with Crippen molar-refractivity contribution < 1.29 is 0 Å². The first-order valence-corrected chi connectivity index (χ1v) is 4.97. The summed E-state index contributed by atoms with van der Waals surface area (Å²) in [5.74, 6) is 1.18. The molecule has 0 spiro atoms. The number of unbranched alkanes of at least 4 members (excludes halogenated alkanes) is 1. The number of anilines is 1. The van der Waals surface area contributed by atoms with Crippen LogP contribution in [0, 0.1) is 6.92 Å².